The van der Waals surface area contributed by atoms with E-state index in [2.05, 4.69) is 0 Å². The number of hydrogen-bond donors (Lipinski definition) is 1. The summed E-state index contributed by atoms with van der Waals surface area (Å²) < 4.78 is 1.75. The summed E-state index contributed by atoms with van der Waals surface area (Å²) in [6.45, 7) is 0. The zero-order chi connectivity index (χ0) is 9.14. The van der Waals surface area contributed by atoms with Crippen LogP contribution in [0.25, 0.3) is 0 Å². The van der Waals surface area contributed by atoms with E-state index in [0.29, 0.717) is 5.56 Å². The molecule has 12 heavy (non-hydrogen) atoms. The maximum atomic E-state index is 10.6. The van der Waals surface area contributed by atoms with Gasteiger partial charge in [-0.25, -0.2) is 9.36 Å². The summed E-state index contributed by atoms with van der Waals surface area (Å²) in [5.74, 6) is -0.888. The molecule has 0 aromatic carbocycles. The van der Waals surface area contributed by atoms with E-state index < -0.39 is 5.97 Å². The van der Waals surface area contributed by atoms with E-state index in [1.807, 2.05) is 19.5 Å². The SMILES string of the molecule is CSc1cc(C(=O)O)c[n+](C)c1. The van der Waals surface area contributed by atoms with Crippen LogP contribution in [0.3, 0.4) is 0 Å². The lowest BCUT2D eigenvalue weighted by Crippen LogP contribution is -2.28. The number of aryl methyl sites for hydroxylation is 1. The van der Waals surface area contributed by atoms with Crippen LogP contribution >= 0.6 is 11.8 Å². The lowest BCUT2D eigenvalue weighted by Gasteiger charge is -1.96. The van der Waals surface area contributed by atoms with Gasteiger partial charge in [-0.3, -0.25) is 0 Å². The van der Waals surface area contributed by atoms with Crippen LogP contribution in [0.2, 0.25) is 0 Å². The molecule has 64 valence electrons. The molecule has 0 spiro atoms. The smallest absolute Gasteiger partial charge is 0.341 e. The highest BCUT2D eigenvalue weighted by atomic mass is 32.2. The van der Waals surface area contributed by atoms with Crippen LogP contribution in [0, 0.1) is 0 Å². The number of pyridine rings is 1. The van der Waals surface area contributed by atoms with Crippen LogP contribution in [0.5, 0.6) is 0 Å². The van der Waals surface area contributed by atoms with Gasteiger partial charge in [0.1, 0.15) is 12.6 Å². The third-order valence-corrected chi connectivity index (χ3v) is 2.15. The Morgan fingerprint density at radius 3 is 2.75 bits per heavy atom. The normalized spacial score (nSPS) is 9.83. The number of hydrogen-bond acceptors (Lipinski definition) is 2. The molecule has 1 heterocycles. The number of nitrogens with zero attached hydrogens (tertiary/aromatic N) is 1. The minimum atomic E-state index is -0.888. The second kappa shape index (κ2) is 3.58. The van der Waals surface area contributed by atoms with Crippen LogP contribution in [0.4, 0.5) is 0 Å². The maximum Gasteiger partial charge on any atom is 0.341 e. The second-order valence-electron chi connectivity index (χ2n) is 2.43. The molecule has 0 amide bonds. The molecular formula is C8H10NO2S+. The zero-order valence-corrected chi connectivity index (χ0v) is 7.76. The van der Waals surface area contributed by atoms with Crippen molar-refractivity contribution in [2.75, 3.05) is 6.26 Å². The van der Waals surface area contributed by atoms with Crippen LogP contribution in [-0.4, -0.2) is 17.3 Å². The molecule has 1 rings (SSSR count). The molecule has 0 radical (unpaired) electrons. The van der Waals surface area contributed by atoms with E-state index in [1.54, 1.807) is 16.8 Å². The molecule has 1 aromatic rings. The van der Waals surface area contributed by atoms with Crippen molar-refractivity contribution in [2.45, 2.75) is 4.90 Å². The van der Waals surface area contributed by atoms with Crippen LogP contribution in [0.1, 0.15) is 10.4 Å². The molecule has 4 heteroatoms. The first-order valence-corrected chi connectivity index (χ1v) is 4.63. The van der Waals surface area contributed by atoms with Crippen molar-refractivity contribution in [1.29, 1.82) is 0 Å². The molecule has 0 atom stereocenters. The summed E-state index contributed by atoms with van der Waals surface area (Å²) in [4.78, 5) is 11.6. The van der Waals surface area contributed by atoms with Gasteiger partial charge in [0, 0.05) is 0 Å². The predicted molar refractivity (Wildman–Crippen MR) is 46.4 cm³/mol. The van der Waals surface area contributed by atoms with E-state index in [9.17, 15) is 4.79 Å². The van der Waals surface area contributed by atoms with Gasteiger partial charge in [-0.2, -0.15) is 0 Å². The summed E-state index contributed by atoms with van der Waals surface area (Å²) in [5, 5.41) is 8.71. The van der Waals surface area contributed by atoms with Crippen molar-refractivity contribution >= 4 is 17.7 Å². The number of rotatable bonds is 2. The first-order valence-electron chi connectivity index (χ1n) is 3.41. The molecule has 0 bridgehead atoms. The Balaban J connectivity index is 3.15. The highest BCUT2D eigenvalue weighted by molar-refractivity contribution is 7.98. The largest absolute Gasteiger partial charge is 0.477 e. The van der Waals surface area contributed by atoms with E-state index in [4.69, 9.17) is 5.11 Å². The Kier molecular flexibility index (Phi) is 2.70. The van der Waals surface area contributed by atoms with Gasteiger partial charge in [-0.1, -0.05) is 0 Å². The lowest BCUT2D eigenvalue weighted by molar-refractivity contribution is -0.673. The lowest BCUT2D eigenvalue weighted by atomic mass is 10.3. The van der Waals surface area contributed by atoms with Gasteiger partial charge in [0.2, 0.25) is 0 Å². The van der Waals surface area contributed by atoms with Gasteiger partial charge >= 0.3 is 5.97 Å². The number of thioether (sulfide) groups is 1. The first kappa shape index (κ1) is 9.06. The average Bonchev–Trinajstić information content (AvgIpc) is 2.03. The standard InChI is InChI=1S/C8H9NO2S/c1-9-4-6(8(10)11)3-7(5-9)12-2/h3-5H,1-2H3/p+1. The average molecular weight is 184 g/mol. The summed E-state index contributed by atoms with van der Waals surface area (Å²) >= 11 is 1.53. The van der Waals surface area contributed by atoms with Crippen LogP contribution in [-0.2, 0) is 7.05 Å². The van der Waals surface area contributed by atoms with Gasteiger partial charge in [0.25, 0.3) is 0 Å². The monoisotopic (exact) mass is 184 g/mol. The predicted octanol–water partition coefficient (Wildman–Crippen LogP) is 0.931. The van der Waals surface area contributed by atoms with Gasteiger partial charge < -0.3 is 5.11 Å². The Bertz CT molecular complexity index is 312. The van der Waals surface area contributed by atoms with E-state index in [0.717, 1.165) is 4.90 Å². The van der Waals surface area contributed by atoms with Crippen LogP contribution in [0.15, 0.2) is 23.4 Å². The minimum Gasteiger partial charge on any atom is -0.477 e. The summed E-state index contributed by atoms with van der Waals surface area (Å²) in [6, 6.07) is 1.66. The Morgan fingerprint density at radius 1 is 1.58 bits per heavy atom. The minimum absolute atomic E-state index is 0.323. The van der Waals surface area contributed by atoms with Crippen LogP contribution < -0.4 is 4.57 Å². The second-order valence-corrected chi connectivity index (χ2v) is 3.31. The molecule has 0 aliphatic rings. The molecule has 0 saturated carbocycles. The molecule has 0 aliphatic heterocycles. The Morgan fingerprint density at radius 2 is 2.25 bits per heavy atom. The van der Waals surface area contributed by atoms with E-state index in [-0.39, 0.29) is 0 Å². The van der Waals surface area contributed by atoms with E-state index >= 15 is 0 Å². The highest BCUT2D eigenvalue weighted by Gasteiger charge is 2.09. The number of aromatic nitrogens is 1. The fourth-order valence-electron chi connectivity index (χ4n) is 0.914. The first-order chi connectivity index (χ1) is 5.63. The quantitative estimate of drug-likeness (QED) is 0.549. The molecule has 1 aromatic heterocycles. The summed E-state index contributed by atoms with van der Waals surface area (Å²) in [6.07, 6.45) is 5.39. The molecule has 1 N–H and O–H groups in total. The fourth-order valence-corrected chi connectivity index (χ4v) is 1.43. The zero-order valence-electron chi connectivity index (χ0n) is 6.94. The number of carboxylic acid groups (broad SMARTS) is 1. The Labute approximate surface area is 75.0 Å². The third kappa shape index (κ3) is 1.98. The number of carbonyl (C=O) groups is 1. The topological polar surface area (TPSA) is 41.2 Å². The molecule has 0 fully saturated rings. The maximum absolute atomic E-state index is 10.6. The summed E-state index contributed by atoms with van der Waals surface area (Å²) in [5.41, 5.74) is 0.323. The molecule has 0 aliphatic carbocycles. The van der Waals surface area contributed by atoms with Crippen molar-refractivity contribution in [2.24, 2.45) is 7.05 Å². The highest BCUT2D eigenvalue weighted by Crippen LogP contribution is 2.12. The van der Waals surface area contributed by atoms with Gasteiger partial charge in [0.05, 0.1) is 4.90 Å². The van der Waals surface area contributed by atoms with Gasteiger partial charge in [-0.15, -0.1) is 11.8 Å². The Hall–Kier alpha value is -1.03. The third-order valence-electron chi connectivity index (χ3n) is 1.45. The van der Waals surface area contributed by atoms with E-state index in [1.165, 1.54) is 11.8 Å². The van der Waals surface area contributed by atoms with Gasteiger partial charge in [0.15, 0.2) is 12.4 Å². The molecule has 0 unspecified atom stereocenters. The van der Waals surface area contributed by atoms with Gasteiger partial charge in [-0.05, 0) is 12.3 Å². The number of carboxylic acids is 1. The number of aromatic carboxylic acids is 1. The van der Waals surface area contributed by atoms with Crippen molar-refractivity contribution in [1.82, 2.24) is 0 Å². The van der Waals surface area contributed by atoms with Crippen molar-refractivity contribution in [3.63, 3.8) is 0 Å². The molecule has 0 saturated heterocycles. The molecule has 3 nitrogen and oxygen atoms in total. The van der Waals surface area contributed by atoms with Crippen molar-refractivity contribution < 1.29 is 14.5 Å². The van der Waals surface area contributed by atoms with Crippen molar-refractivity contribution in [3.8, 4) is 0 Å². The molecular weight excluding hydrogens is 174 g/mol. The fraction of sp³-hybridized carbons (Fsp3) is 0.250. The summed E-state index contributed by atoms with van der Waals surface area (Å²) in [7, 11) is 1.81. The van der Waals surface area contributed by atoms with Crippen molar-refractivity contribution in [3.05, 3.63) is 24.0 Å².